The summed E-state index contributed by atoms with van der Waals surface area (Å²) in [6.45, 7) is 3.84. The summed E-state index contributed by atoms with van der Waals surface area (Å²) in [5.74, 6) is 0. The fourth-order valence-corrected chi connectivity index (χ4v) is 1.21. The van der Waals surface area contributed by atoms with Crippen molar-refractivity contribution < 1.29 is 14.5 Å². The van der Waals surface area contributed by atoms with Gasteiger partial charge in [0, 0.05) is 5.56 Å². The van der Waals surface area contributed by atoms with Crippen molar-refractivity contribution in [1.29, 1.82) is 0 Å². The van der Waals surface area contributed by atoms with E-state index < -0.39 is 0 Å². The van der Waals surface area contributed by atoms with E-state index in [0.717, 1.165) is 5.56 Å². The van der Waals surface area contributed by atoms with E-state index in [1.165, 1.54) is 5.56 Å². The molecular weight excluding hydrogens is 168 g/mol. The molecule has 3 heteroatoms. The van der Waals surface area contributed by atoms with Crippen LogP contribution >= 0.6 is 0 Å². The fraction of sp³-hybridized carbons (Fsp3) is 0.400. The van der Waals surface area contributed by atoms with E-state index in [9.17, 15) is 0 Å². The maximum atomic E-state index is 5.34. The van der Waals surface area contributed by atoms with Crippen molar-refractivity contribution in [2.45, 2.75) is 26.4 Å². The van der Waals surface area contributed by atoms with Gasteiger partial charge in [-0.1, -0.05) is 29.8 Å². The summed E-state index contributed by atoms with van der Waals surface area (Å²) >= 11 is 0. The predicted molar refractivity (Wildman–Crippen MR) is 46.6 cm³/mol. The molecule has 0 aliphatic carbocycles. The van der Waals surface area contributed by atoms with Crippen LogP contribution in [0.1, 0.15) is 24.3 Å². The molecule has 0 bridgehead atoms. The third kappa shape index (κ3) is 1.88. The van der Waals surface area contributed by atoms with Crippen LogP contribution in [0.5, 0.6) is 0 Å². The molecule has 0 spiro atoms. The van der Waals surface area contributed by atoms with Crippen LogP contribution in [0.15, 0.2) is 24.3 Å². The third-order valence-electron chi connectivity index (χ3n) is 1.94. The second-order valence-corrected chi connectivity index (χ2v) is 3.14. The molecule has 70 valence electrons. The molecule has 2 unspecified atom stereocenters. The Hall–Kier alpha value is -0.900. The predicted octanol–water partition coefficient (Wildman–Crippen LogP) is 2.32. The minimum Gasteiger partial charge on any atom is -0.314 e. The van der Waals surface area contributed by atoms with Crippen LogP contribution in [0.4, 0.5) is 0 Å². The van der Waals surface area contributed by atoms with Gasteiger partial charge in [-0.15, -0.1) is 0 Å². The Morgan fingerprint density at radius 3 is 2.31 bits per heavy atom. The lowest BCUT2D eigenvalue weighted by Crippen LogP contribution is -2.01. The van der Waals surface area contributed by atoms with Crippen molar-refractivity contribution >= 4 is 0 Å². The van der Waals surface area contributed by atoms with Crippen molar-refractivity contribution in [3.05, 3.63) is 35.4 Å². The first-order chi connectivity index (χ1) is 6.25. The molecule has 1 aliphatic rings. The van der Waals surface area contributed by atoms with E-state index >= 15 is 0 Å². The van der Waals surface area contributed by atoms with Gasteiger partial charge in [0.25, 0.3) is 0 Å². The van der Waals surface area contributed by atoms with Crippen molar-refractivity contribution in [2.75, 3.05) is 0 Å². The average Bonchev–Trinajstić information content (AvgIpc) is 2.53. The lowest BCUT2D eigenvalue weighted by atomic mass is 10.1. The van der Waals surface area contributed by atoms with Crippen LogP contribution in [-0.4, -0.2) is 6.29 Å². The molecule has 0 aromatic heterocycles. The molecule has 2 atom stereocenters. The Labute approximate surface area is 77.2 Å². The molecule has 0 radical (unpaired) electrons. The van der Waals surface area contributed by atoms with Crippen molar-refractivity contribution in [2.24, 2.45) is 0 Å². The highest BCUT2D eigenvalue weighted by atomic mass is 17.3. The third-order valence-corrected chi connectivity index (χ3v) is 1.94. The summed E-state index contributed by atoms with van der Waals surface area (Å²) in [6, 6.07) is 7.98. The number of rotatable bonds is 1. The Bertz CT molecular complexity index is 281. The number of aryl methyl sites for hydroxylation is 1. The lowest BCUT2D eigenvalue weighted by molar-refractivity contribution is -0.295. The zero-order chi connectivity index (χ0) is 9.26. The quantitative estimate of drug-likeness (QED) is 0.621. The lowest BCUT2D eigenvalue weighted by Gasteiger charge is -2.06. The number of benzene rings is 1. The van der Waals surface area contributed by atoms with Crippen molar-refractivity contribution in [3.63, 3.8) is 0 Å². The fourth-order valence-electron chi connectivity index (χ4n) is 1.21. The van der Waals surface area contributed by atoms with E-state index in [0.29, 0.717) is 0 Å². The van der Waals surface area contributed by atoms with E-state index in [2.05, 4.69) is 0 Å². The van der Waals surface area contributed by atoms with E-state index in [1.54, 1.807) is 6.92 Å². The highest BCUT2D eigenvalue weighted by Gasteiger charge is 2.25. The minimum atomic E-state index is -0.379. The van der Waals surface area contributed by atoms with Gasteiger partial charge >= 0.3 is 0 Å². The first-order valence-electron chi connectivity index (χ1n) is 4.30. The van der Waals surface area contributed by atoms with Gasteiger partial charge in [-0.3, -0.25) is 0 Å². The first kappa shape index (κ1) is 8.69. The Balaban J connectivity index is 2.13. The van der Waals surface area contributed by atoms with Crippen LogP contribution in [-0.2, 0) is 14.5 Å². The molecule has 1 saturated heterocycles. The molecule has 2 rings (SSSR count). The Morgan fingerprint density at radius 2 is 1.77 bits per heavy atom. The zero-order valence-corrected chi connectivity index (χ0v) is 7.69. The summed E-state index contributed by atoms with van der Waals surface area (Å²) in [5.41, 5.74) is 2.20. The maximum absolute atomic E-state index is 5.34. The van der Waals surface area contributed by atoms with Crippen molar-refractivity contribution in [1.82, 2.24) is 0 Å². The van der Waals surface area contributed by atoms with Gasteiger partial charge in [0.1, 0.15) is 0 Å². The van der Waals surface area contributed by atoms with E-state index in [4.69, 9.17) is 14.5 Å². The van der Waals surface area contributed by atoms with Gasteiger partial charge in [-0.05, 0) is 13.8 Å². The van der Waals surface area contributed by atoms with Crippen LogP contribution < -0.4 is 0 Å². The molecule has 1 fully saturated rings. The molecule has 1 aliphatic heterocycles. The number of hydrogen-bond acceptors (Lipinski definition) is 3. The topological polar surface area (TPSA) is 27.7 Å². The van der Waals surface area contributed by atoms with Gasteiger partial charge < -0.3 is 4.74 Å². The van der Waals surface area contributed by atoms with Crippen LogP contribution in [0.2, 0.25) is 0 Å². The summed E-state index contributed by atoms with van der Waals surface area (Å²) in [5, 5.41) is 0. The van der Waals surface area contributed by atoms with Crippen LogP contribution in [0.25, 0.3) is 0 Å². The molecule has 1 aromatic carbocycles. The van der Waals surface area contributed by atoms with Gasteiger partial charge in [-0.2, -0.15) is 4.89 Å². The smallest absolute Gasteiger partial charge is 0.220 e. The zero-order valence-electron chi connectivity index (χ0n) is 7.69. The maximum Gasteiger partial charge on any atom is 0.220 e. The molecule has 13 heavy (non-hydrogen) atoms. The van der Waals surface area contributed by atoms with Gasteiger partial charge in [0.15, 0.2) is 6.29 Å². The summed E-state index contributed by atoms with van der Waals surface area (Å²) in [4.78, 5) is 9.80. The summed E-state index contributed by atoms with van der Waals surface area (Å²) < 4.78 is 5.34. The molecule has 1 heterocycles. The average molecular weight is 180 g/mol. The SMILES string of the molecule is Cc1ccc(C2OOC(C)O2)cc1. The molecule has 0 N–H and O–H groups in total. The van der Waals surface area contributed by atoms with Gasteiger partial charge in [-0.25, -0.2) is 4.89 Å². The summed E-state index contributed by atoms with van der Waals surface area (Å²) in [7, 11) is 0. The minimum absolute atomic E-state index is 0.286. The molecule has 0 amide bonds. The highest BCUT2D eigenvalue weighted by molar-refractivity contribution is 5.22. The van der Waals surface area contributed by atoms with Crippen LogP contribution in [0, 0.1) is 6.92 Å². The van der Waals surface area contributed by atoms with E-state index in [1.807, 2.05) is 31.2 Å². The monoisotopic (exact) mass is 180 g/mol. The normalized spacial score (nSPS) is 27.8. The largest absolute Gasteiger partial charge is 0.314 e. The number of hydrogen-bond donors (Lipinski definition) is 0. The Morgan fingerprint density at radius 1 is 1.08 bits per heavy atom. The Kier molecular flexibility index (Phi) is 2.31. The standard InChI is InChI=1S/C10H12O3/c1-7-3-5-9(6-4-7)10-11-8(2)12-13-10/h3-6,8,10H,1-2H3. The van der Waals surface area contributed by atoms with Crippen molar-refractivity contribution in [3.8, 4) is 0 Å². The molecular formula is C10H12O3. The highest BCUT2D eigenvalue weighted by Crippen LogP contribution is 2.27. The number of ether oxygens (including phenoxy) is 1. The second kappa shape index (κ2) is 3.46. The second-order valence-electron chi connectivity index (χ2n) is 3.14. The van der Waals surface area contributed by atoms with Gasteiger partial charge in [0.2, 0.25) is 6.29 Å². The molecule has 1 aromatic rings. The molecule has 3 nitrogen and oxygen atoms in total. The summed E-state index contributed by atoms with van der Waals surface area (Å²) in [6.07, 6.45) is -0.665. The van der Waals surface area contributed by atoms with Gasteiger partial charge in [0.05, 0.1) is 0 Å². The van der Waals surface area contributed by atoms with Crippen LogP contribution in [0.3, 0.4) is 0 Å². The first-order valence-corrected chi connectivity index (χ1v) is 4.30. The molecule has 0 saturated carbocycles. The van der Waals surface area contributed by atoms with E-state index in [-0.39, 0.29) is 12.6 Å².